The van der Waals surface area contributed by atoms with E-state index in [1.807, 2.05) is 24.3 Å². The fraction of sp³-hybridized carbons (Fsp3) is 0.294. The van der Waals surface area contributed by atoms with Gasteiger partial charge in [-0.25, -0.2) is 4.39 Å². The summed E-state index contributed by atoms with van der Waals surface area (Å²) in [5, 5.41) is 4.08. The Bertz CT molecular complexity index is 596. The summed E-state index contributed by atoms with van der Waals surface area (Å²) in [5.74, 6) is -0.180. The molecule has 0 amide bonds. The maximum Gasteiger partial charge on any atom is 0.126 e. The van der Waals surface area contributed by atoms with Crippen LogP contribution in [0.3, 0.4) is 0 Å². The molecule has 0 fully saturated rings. The fourth-order valence-corrected chi connectivity index (χ4v) is 2.34. The second-order valence-electron chi connectivity index (χ2n) is 4.95. The Morgan fingerprint density at radius 2 is 1.80 bits per heavy atom. The average Bonchev–Trinajstić information content (AvgIpc) is 2.44. The van der Waals surface area contributed by atoms with Gasteiger partial charge in [-0.1, -0.05) is 36.7 Å². The lowest BCUT2D eigenvalue weighted by molar-refractivity contribution is 0.619. The molecule has 2 rings (SSSR count). The molecule has 0 spiro atoms. The van der Waals surface area contributed by atoms with Gasteiger partial charge in [-0.3, -0.25) is 0 Å². The van der Waals surface area contributed by atoms with Crippen molar-refractivity contribution in [3.05, 3.63) is 58.4 Å². The molecular formula is C17H19ClFN. The van der Waals surface area contributed by atoms with Gasteiger partial charge in [0.1, 0.15) is 5.82 Å². The van der Waals surface area contributed by atoms with Crippen LogP contribution >= 0.6 is 11.6 Å². The van der Waals surface area contributed by atoms with Gasteiger partial charge in [0.2, 0.25) is 0 Å². The lowest BCUT2D eigenvalue weighted by Crippen LogP contribution is -2.13. The van der Waals surface area contributed by atoms with Crippen molar-refractivity contribution in [1.82, 2.24) is 5.32 Å². The smallest absolute Gasteiger partial charge is 0.126 e. The highest BCUT2D eigenvalue weighted by Gasteiger charge is 2.05. The number of hydrogen-bond donors (Lipinski definition) is 1. The molecule has 0 aliphatic carbocycles. The normalized spacial score (nSPS) is 10.8. The Hall–Kier alpha value is -1.38. The van der Waals surface area contributed by atoms with E-state index in [-0.39, 0.29) is 5.82 Å². The van der Waals surface area contributed by atoms with Gasteiger partial charge in [-0.2, -0.15) is 0 Å². The monoisotopic (exact) mass is 291 g/mol. The van der Waals surface area contributed by atoms with Crippen LogP contribution in [0.25, 0.3) is 11.1 Å². The van der Waals surface area contributed by atoms with Crippen LogP contribution in [0.4, 0.5) is 4.39 Å². The lowest BCUT2D eigenvalue weighted by atomic mass is 10.0. The van der Waals surface area contributed by atoms with Crippen molar-refractivity contribution in [3.63, 3.8) is 0 Å². The van der Waals surface area contributed by atoms with E-state index in [1.165, 1.54) is 6.07 Å². The molecular weight excluding hydrogens is 273 g/mol. The molecule has 20 heavy (non-hydrogen) atoms. The first-order chi connectivity index (χ1) is 9.61. The van der Waals surface area contributed by atoms with Crippen LogP contribution in [0, 0.1) is 12.7 Å². The zero-order valence-electron chi connectivity index (χ0n) is 11.8. The van der Waals surface area contributed by atoms with Crippen LogP contribution in [-0.2, 0) is 6.54 Å². The molecule has 0 saturated carbocycles. The highest BCUT2D eigenvalue weighted by Crippen LogP contribution is 2.27. The van der Waals surface area contributed by atoms with E-state index in [2.05, 4.69) is 12.2 Å². The minimum atomic E-state index is -0.180. The van der Waals surface area contributed by atoms with Crippen molar-refractivity contribution < 1.29 is 4.39 Å². The Labute approximate surface area is 124 Å². The van der Waals surface area contributed by atoms with Crippen molar-refractivity contribution >= 4 is 11.6 Å². The largest absolute Gasteiger partial charge is 0.313 e. The van der Waals surface area contributed by atoms with E-state index in [0.29, 0.717) is 5.56 Å². The molecule has 0 bridgehead atoms. The van der Waals surface area contributed by atoms with Crippen LogP contribution in [0.2, 0.25) is 5.02 Å². The number of aryl methyl sites for hydroxylation is 1. The van der Waals surface area contributed by atoms with Crippen molar-refractivity contribution in [2.45, 2.75) is 26.8 Å². The average molecular weight is 292 g/mol. The number of benzene rings is 2. The zero-order valence-corrected chi connectivity index (χ0v) is 12.6. The molecule has 2 aromatic carbocycles. The number of halogens is 2. The van der Waals surface area contributed by atoms with Crippen molar-refractivity contribution in [2.24, 2.45) is 0 Å². The quantitative estimate of drug-likeness (QED) is 0.768. The molecule has 0 radical (unpaired) electrons. The van der Waals surface area contributed by atoms with Crippen molar-refractivity contribution in [2.75, 3.05) is 6.54 Å². The second-order valence-corrected chi connectivity index (χ2v) is 5.35. The van der Waals surface area contributed by atoms with Crippen LogP contribution in [0.5, 0.6) is 0 Å². The maximum absolute atomic E-state index is 13.3. The van der Waals surface area contributed by atoms with Crippen LogP contribution in [-0.4, -0.2) is 6.54 Å². The van der Waals surface area contributed by atoms with Gasteiger partial charge in [0.05, 0.1) is 0 Å². The first-order valence-electron chi connectivity index (χ1n) is 6.87. The van der Waals surface area contributed by atoms with Gasteiger partial charge in [-0.05, 0) is 60.3 Å². The van der Waals surface area contributed by atoms with E-state index in [0.717, 1.165) is 41.2 Å². The first-order valence-corrected chi connectivity index (χ1v) is 7.25. The second kappa shape index (κ2) is 6.87. The Kier molecular flexibility index (Phi) is 5.16. The van der Waals surface area contributed by atoms with E-state index in [4.69, 9.17) is 11.6 Å². The van der Waals surface area contributed by atoms with Crippen molar-refractivity contribution in [1.29, 1.82) is 0 Å². The Morgan fingerprint density at radius 1 is 1.10 bits per heavy atom. The highest BCUT2D eigenvalue weighted by atomic mass is 35.5. The summed E-state index contributed by atoms with van der Waals surface area (Å²) in [6, 6.07) is 11.1. The van der Waals surface area contributed by atoms with Gasteiger partial charge >= 0.3 is 0 Å². The molecule has 106 valence electrons. The minimum Gasteiger partial charge on any atom is -0.313 e. The summed E-state index contributed by atoms with van der Waals surface area (Å²) in [6.07, 6.45) is 1.10. The summed E-state index contributed by atoms with van der Waals surface area (Å²) in [6.45, 7) is 5.66. The van der Waals surface area contributed by atoms with E-state index >= 15 is 0 Å². The van der Waals surface area contributed by atoms with Gasteiger partial charge in [0.15, 0.2) is 0 Å². The lowest BCUT2D eigenvalue weighted by Gasteiger charge is -2.09. The third-order valence-corrected chi connectivity index (χ3v) is 3.64. The summed E-state index contributed by atoms with van der Waals surface area (Å²) < 4.78 is 13.3. The summed E-state index contributed by atoms with van der Waals surface area (Å²) in [4.78, 5) is 0. The molecule has 0 saturated heterocycles. The molecule has 0 aliphatic heterocycles. The first kappa shape index (κ1) is 15.0. The third-order valence-electron chi connectivity index (χ3n) is 3.29. The number of rotatable bonds is 5. The van der Waals surface area contributed by atoms with Crippen LogP contribution < -0.4 is 5.32 Å². The predicted molar refractivity (Wildman–Crippen MR) is 83.6 cm³/mol. The number of hydrogen-bond acceptors (Lipinski definition) is 1. The van der Waals surface area contributed by atoms with Crippen LogP contribution in [0.1, 0.15) is 24.5 Å². The SMILES string of the molecule is CCCNCc1ccc(-c2ccc(F)c(C)c2)cc1Cl. The van der Waals surface area contributed by atoms with Gasteiger partial charge in [-0.15, -0.1) is 0 Å². The summed E-state index contributed by atoms with van der Waals surface area (Å²) in [5.41, 5.74) is 3.73. The highest BCUT2D eigenvalue weighted by molar-refractivity contribution is 6.31. The van der Waals surface area contributed by atoms with E-state index in [9.17, 15) is 4.39 Å². The fourth-order valence-electron chi connectivity index (χ4n) is 2.09. The van der Waals surface area contributed by atoms with Crippen LogP contribution in [0.15, 0.2) is 36.4 Å². The standard InChI is InChI=1S/C17H19ClFN/c1-3-8-20-11-15-5-4-14(10-16(15)18)13-6-7-17(19)12(2)9-13/h4-7,9-10,20H,3,8,11H2,1-2H3. The molecule has 0 heterocycles. The summed E-state index contributed by atoms with van der Waals surface area (Å²) >= 11 is 6.32. The molecule has 0 unspecified atom stereocenters. The topological polar surface area (TPSA) is 12.0 Å². The maximum atomic E-state index is 13.3. The molecule has 3 heteroatoms. The molecule has 0 atom stereocenters. The number of nitrogens with one attached hydrogen (secondary N) is 1. The van der Waals surface area contributed by atoms with Gasteiger partial charge in [0, 0.05) is 11.6 Å². The molecule has 0 aromatic heterocycles. The molecule has 2 aromatic rings. The predicted octanol–water partition coefficient (Wildman–Crippen LogP) is 4.95. The summed E-state index contributed by atoms with van der Waals surface area (Å²) in [7, 11) is 0. The molecule has 1 N–H and O–H groups in total. The Morgan fingerprint density at radius 3 is 2.45 bits per heavy atom. The Balaban J connectivity index is 2.21. The van der Waals surface area contributed by atoms with E-state index < -0.39 is 0 Å². The third kappa shape index (κ3) is 3.59. The zero-order chi connectivity index (χ0) is 14.5. The molecule has 1 nitrogen and oxygen atoms in total. The molecule has 0 aliphatic rings. The van der Waals surface area contributed by atoms with Gasteiger partial charge in [0.25, 0.3) is 0 Å². The van der Waals surface area contributed by atoms with E-state index in [1.54, 1.807) is 13.0 Å². The van der Waals surface area contributed by atoms with Gasteiger partial charge < -0.3 is 5.32 Å². The van der Waals surface area contributed by atoms with Crippen molar-refractivity contribution in [3.8, 4) is 11.1 Å². The minimum absolute atomic E-state index is 0.180.